The fraction of sp³-hybridized carbons (Fsp3) is 0.556. The molecule has 0 fully saturated rings. The Balaban J connectivity index is 4.15. The Kier molecular flexibility index (Phi) is 6.86. The van der Waals surface area contributed by atoms with Gasteiger partial charge in [-0.15, -0.1) is 0 Å². The van der Waals surface area contributed by atoms with E-state index in [9.17, 15) is 19.2 Å². The van der Waals surface area contributed by atoms with Gasteiger partial charge >= 0.3 is 23.9 Å². The number of carboxylic acid groups (broad SMARTS) is 2. The van der Waals surface area contributed by atoms with Crippen molar-refractivity contribution >= 4 is 23.9 Å². The summed E-state index contributed by atoms with van der Waals surface area (Å²) in [4.78, 5) is 42.9. The number of amides is 2. The summed E-state index contributed by atoms with van der Waals surface area (Å²) in [6, 6.07) is -2.23. The monoisotopic (exact) mass is 262 g/mol. The number of hydrogen-bond acceptors (Lipinski definition) is 5. The van der Waals surface area contributed by atoms with E-state index in [0.717, 1.165) is 7.11 Å². The average Bonchev–Trinajstić information content (AvgIpc) is 2.30. The second-order valence-electron chi connectivity index (χ2n) is 3.23. The number of ether oxygens (including phenoxy) is 1. The summed E-state index contributed by atoms with van der Waals surface area (Å²) >= 11 is 0. The Hall–Kier alpha value is -2.32. The summed E-state index contributed by atoms with van der Waals surface area (Å²) in [7, 11) is 1.13. The van der Waals surface area contributed by atoms with E-state index in [1.54, 1.807) is 0 Å². The first-order valence-electron chi connectivity index (χ1n) is 4.92. The molecule has 0 aromatic heterocycles. The molecule has 1 unspecified atom stereocenters. The molecule has 0 spiro atoms. The Morgan fingerprint density at radius 1 is 1.22 bits per heavy atom. The van der Waals surface area contributed by atoms with Crippen LogP contribution in [-0.4, -0.2) is 53.8 Å². The lowest BCUT2D eigenvalue weighted by Gasteiger charge is -2.13. The van der Waals surface area contributed by atoms with Gasteiger partial charge in [-0.1, -0.05) is 0 Å². The largest absolute Gasteiger partial charge is 0.481 e. The van der Waals surface area contributed by atoms with Crippen molar-refractivity contribution in [2.24, 2.45) is 0 Å². The lowest BCUT2D eigenvalue weighted by atomic mass is 10.1. The van der Waals surface area contributed by atoms with Gasteiger partial charge in [-0.05, 0) is 6.42 Å². The lowest BCUT2D eigenvalue weighted by Crippen LogP contribution is -2.47. The van der Waals surface area contributed by atoms with E-state index in [1.165, 1.54) is 0 Å². The first kappa shape index (κ1) is 15.7. The maximum absolute atomic E-state index is 11.2. The number of carbonyl (C=O) groups is 4. The number of hydrogen-bond donors (Lipinski definition) is 4. The van der Waals surface area contributed by atoms with Crippen molar-refractivity contribution in [3.8, 4) is 0 Å². The summed E-state index contributed by atoms with van der Waals surface area (Å²) in [6.45, 7) is -0.409. The van der Waals surface area contributed by atoms with E-state index in [-0.39, 0.29) is 6.42 Å². The maximum Gasteiger partial charge on any atom is 0.326 e. The Morgan fingerprint density at radius 2 is 1.83 bits per heavy atom. The lowest BCUT2D eigenvalue weighted by molar-refractivity contribution is -0.140. The van der Waals surface area contributed by atoms with Gasteiger partial charge in [-0.3, -0.25) is 9.59 Å². The molecule has 0 aromatic carbocycles. The molecule has 0 bridgehead atoms. The number of carboxylic acids is 2. The number of urea groups is 1. The Morgan fingerprint density at radius 3 is 2.28 bits per heavy atom. The van der Waals surface area contributed by atoms with Crippen LogP contribution in [0, 0.1) is 0 Å². The highest BCUT2D eigenvalue weighted by Crippen LogP contribution is 1.97. The molecule has 9 nitrogen and oxygen atoms in total. The molecule has 9 heteroatoms. The fourth-order valence-corrected chi connectivity index (χ4v) is 0.959. The van der Waals surface area contributed by atoms with Crippen LogP contribution in [0.1, 0.15) is 12.8 Å². The van der Waals surface area contributed by atoms with Gasteiger partial charge in [0.05, 0.1) is 7.11 Å². The van der Waals surface area contributed by atoms with Crippen molar-refractivity contribution in [3.63, 3.8) is 0 Å². The molecule has 0 aliphatic rings. The van der Waals surface area contributed by atoms with Gasteiger partial charge in [0.1, 0.15) is 12.6 Å². The predicted octanol–water partition coefficient (Wildman–Crippen LogP) is -1.22. The normalized spacial score (nSPS) is 11.2. The minimum Gasteiger partial charge on any atom is -0.481 e. The molecular weight excluding hydrogens is 248 g/mol. The van der Waals surface area contributed by atoms with Gasteiger partial charge in [-0.25, -0.2) is 9.59 Å². The standard InChI is InChI=1S/C9H14N2O7/c1-18-7(14)4-10-9(17)11-5(8(15)16)2-3-6(12)13/h5H,2-4H2,1H3,(H,12,13)(H,15,16)(H2,10,11,17). The third-order valence-electron chi connectivity index (χ3n) is 1.87. The third kappa shape index (κ3) is 7.04. The molecule has 18 heavy (non-hydrogen) atoms. The molecule has 0 aliphatic carbocycles. The molecule has 102 valence electrons. The molecule has 0 saturated carbocycles. The van der Waals surface area contributed by atoms with Crippen LogP contribution in [0.5, 0.6) is 0 Å². The second-order valence-corrected chi connectivity index (χ2v) is 3.23. The maximum atomic E-state index is 11.2. The second kappa shape index (κ2) is 7.87. The molecule has 4 N–H and O–H groups in total. The number of carbonyl (C=O) groups excluding carboxylic acids is 2. The first-order chi connectivity index (χ1) is 8.36. The smallest absolute Gasteiger partial charge is 0.326 e. The predicted molar refractivity (Wildman–Crippen MR) is 56.8 cm³/mol. The van der Waals surface area contributed by atoms with Crippen molar-refractivity contribution in [2.45, 2.75) is 18.9 Å². The molecule has 0 radical (unpaired) electrons. The number of esters is 1. The fourth-order valence-electron chi connectivity index (χ4n) is 0.959. The van der Waals surface area contributed by atoms with Crippen molar-refractivity contribution in [2.75, 3.05) is 13.7 Å². The first-order valence-corrected chi connectivity index (χ1v) is 4.92. The van der Waals surface area contributed by atoms with Gasteiger partial charge in [0.25, 0.3) is 0 Å². The number of methoxy groups -OCH3 is 1. The van der Waals surface area contributed by atoms with Crippen LogP contribution in [0.3, 0.4) is 0 Å². The quantitative estimate of drug-likeness (QED) is 0.421. The minimum absolute atomic E-state index is 0.254. The third-order valence-corrected chi connectivity index (χ3v) is 1.87. The zero-order valence-electron chi connectivity index (χ0n) is 9.63. The highest BCUT2D eigenvalue weighted by atomic mass is 16.5. The summed E-state index contributed by atoms with van der Waals surface area (Å²) in [5.41, 5.74) is 0. The molecule has 0 heterocycles. The highest BCUT2D eigenvalue weighted by Gasteiger charge is 2.20. The van der Waals surface area contributed by atoms with Gasteiger partial charge in [0.2, 0.25) is 0 Å². The van der Waals surface area contributed by atoms with Crippen molar-refractivity contribution in [3.05, 3.63) is 0 Å². The van der Waals surface area contributed by atoms with Crippen LogP contribution in [0.2, 0.25) is 0 Å². The van der Waals surface area contributed by atoms with Crippen LogP contribution in [0.4, 0.5) is 4.79 Å². The van der Waals surface area contributed by atoms with Crippen LogP contribution >= 0.6 is 0 Å². The topological polar surface area (TPSA) is 142 Å². The molecule has 0 aliphatic heterocycles. The van der Waals surface area contributed by atoms with Crippen molar-refractivity contribution < 1.29 is 34.1 Å². The van der Waals surface area contributed by atoms with Crippen molar-refractivity contribution in [1.82, 2.24) is 10.6 Å². The molecule has 0 saturated heterocycles. The molecule has 2 amide bonds. The molecule has 1 atom stereocenters. The van der Waals surface area contributed by atoms with E-state index in [1.807, 2.05) is 5.32 Å². The van der Waals surface area contributed by atoms with Crippen molar-refractivity contribution in [1.29, 1.82) is 0 Å². The van der Waals surface area contributed by atoms with Crippen LogP contribution in [0.15, 0.2) is 0 Å². The number of rotatable bonds is 7. The van der Waals surface area contributed by atoms with Gasteiger partial charge < -0.3 is 25.6 Å². The van der Waals surface area contributed by atoms with E-state index in [4.69, 9.17) is 10.2 Å². The summed E-state index contributed by atoms with van der Waals surface area (Å²) in [5, 5.41) is 21.2. The Labute approximate surface area is 102 Å². The van der Waals surface area contributed by atoms with E-state index in [2.05, 4.69) is 10.1 Å². The van der Waals surface area contributed by atoms with E-state index < -0.39 is 42.9 Å². The SMILES string of the molecule is COC(=O)CNC(=O)NC(CCC(=O)O)C(=O)O. The zero-order chi connectivity index (χ0) is 14.1. The Bertz CT molecular complexity index is 342. The summed E-state index contributed by atoms with van der Waals surface area (Å²) in [6.07, 6.45) is -0.648. The summed E-state index contributed by atoms with van der Waals surface area (Å²) in [5.74, 6) is -3.22. The van der Waals surface area contributed by atoms with Crippen LogP contribution < -0.4 is 10.6 Å². The minimum atomic E-state index is -1.36. The average molecular weight is 262 g/mol. The number of aliphatic carboxylic acids is 2. The summed E-state index contributed by atoms with van der Waals surface area (Å²) < 4.78 is 4.26. The number of nitrogens with one attached hydrogen (secondary N) is 2. The zero-order valence-corrected chi connectivity index (χ0v) is 9.63. The van der Waals surface area contributed by atoms with Gasteiger partial charge in [0, 0.05) is 6.42 Å². The van der Waals surface area contributed by atoms with Crippen LogP contribution in [0.25, 0.3) is 0 Å². The van der Waals surface area contributed by atoms with Crippen LogP contribution in [-0.2, 0) is 19.1 Å². The van der Waals surface area contributed by atoms with E-state index in [0.29, 0.717) is 0 Å². The van der Waals surface area contributed by atoms with Gasteiger partial charge in [0.15, 0.2) is 0 Å². The van der Waals surface area contributed by atoms with Gasteiger partial charge in [-0.2, -0.15) is 0 Å². The van der Waals surface area contributed by atoms with E-state index >= 15 is 0 Å². The molecule has 0 rings (SSSR count). The molecule has 0 aromatic rings. The molecular formula is C9H14N2O7. The highest BCUT2D eigenvalue weighted by molar-refractivity contribution is 5.85.